The van der Waals surface area contributed by atoms with Crippen molar-refractivity contribution < 1.29 is 24.3 Å². The van der Waals surface area contributed by atoms with Crippen molar-refractivity contribution in [3.8, 4) is 11.3 Å². The van der Waals surface area contributed by atoms with Gasteiger partial charge < -0.3 is 15.5 Å². The summed E-state index contributed by atoms with van der Waals surface area (Å²) in [5.41, 5.74) is -2.08. The molecule has 27 heavy (non-hydrogen) atoms. The van der Waals surface area contributed by atoms with E-state index in [2.05, 4.69) is 10.3 Å². The molecule has 142 valence electrons. The maximum atomic E-state index is 14.8. The summed E-state index contributed by atoms with van der Waals surface area (Å²) >= 11 is 6.02. The van der Waals surface area contributed by atoms with Crippen LogP contribution < -0.4 is 5.32 Å². The molecule has 1 amide bonds. The minimum Gasteiger partial charge on any atom is -0.465 e. The first-order chi connectivity index (χ1) is 12.5. The van der Waals surface area contributed by atoms with Crippen LogP contribution in [0.4, 0.5) is 14.9 Å². The maximum absolute atomic E-state index is 14.8. The number of nitrogens with one attached hydrogen (secondary N) is 1. The molecule has 0 bridgehead atoms. The number of halogens is 2. The Morgan fingerprint density at radius 1 is 1.41 bits per heavy atom. The summed E-state index contributed by atoms with van der Waals surface area (Å²) in [6.45, 7) is 1.54. The van der Waals surface area contributed by atoms with E-state index in [4.69, 9.17) is 16.7 Å². The number of amides is 1. The number of aromatic nitrogens is 1. The minimum atomic E-state index is -1.32. The van der Waals surface area contributed by atoms with E-state index in [1.165, 1.54) is 12.1 Å². The highest BCUT2D eigenvalue weighted by atomic mass is 35.5. The molecule has 3 rings (SSSR count). The molecule has 1 aliphatic carbocycles. The summed E-state index contributed by atoms with van der Waals surface area (Å²) in [5.74, 6) is -0.701. The lowest BCUT2D eigenvalue weighted by atomic mass is 9.62. The van der Waals surface area contributed by atoms with E-state index in [1.807, 2.05) is 0 Å². The highest BCUT2D eigenvalue weighted by Crippen LogP contribution is 2.49. The highest BCUT2D eigenvalue weighted by Gasteiger charge is 2.54. The number of rotatable bonds is 4. The van der Waals surface area contributed by atoms with Crippen molar-refractivity contribution in [3.05, 3.63) is 57.0 Å². The minimum absolute atomic E-state index is 0.0127. The van der Waals surface area contributed by atoms with Gasteiger partial charge in [0.25, 0.3) is 5.69 Å². The van der Waals surface area contributed by atoms with Gasteiger partial charge >= 0.3 is 6.09 Å². The van der Waals surface area contributed by atoms with Gasteiger partial charge in [0.05, 0.1) is 26.8 Å². The fourth-order valence-corrected chi connectivity index (χ4v) is 3.86. The Bertz CT molecular complexity index is 942. The van der Waals surface area contributed by atoms with Gasteiger partial charge in [0, 0.05) is 30.0 Å². The first-order valence-corrected chi connectivity index (χ1v) is 8.25. The van der Waals surface area contributed by atoms with Gasteiger partial charge in [0.2, 0.25) is 0 Å². The molecule has 1 fully saturated rings. The van der Waals surface area contributed by atoms with Crippen LogP contribution in [-0.4, -0.2) is 31.8 Å². The number of carbonyl (C=O) groups is 1. The van der Waals surface area contributed by atoms with Crippen molar-refractivity contribution in [2.24, 2.45) is 0 Å². The Hall–Kier alpha value is -2.78. The number of hydrogen-bond acceptors (Lipinski definition) is 5. The summed E-state index contributed by atoms with van der Waals surface area (Å²) in [6, 6.07) is 5.14. The lowest BCUT2D eigenvalue weighted by Gasteiger charge is -2.51. The molecular formula is C17H15ClFN3O5. The van der Waals surface area contributed by atoms with E-state index in [0.29, 0.717) is 0 Å². The number of pyridine rings is 1. The van der Waals surface area contributed by atoms with Crippen molar-refractivity contribution in [1.82, 2.24) is 10.3 Å². The number of hydrogen-bond donors (Lipinski definition) is 3. The number of nitro groups is 1. The van der Waals surface area contributed by atoms with Crippen molar-refractivity contribution in [3.63, 3.8) is 0 Å². The molecule has 0 aliphatic heterocycles. The zero-order valence-electron chi connectivity index (χ0n) is 14.1. The van der Waals surface area contributed by atoms with Crippen LogP contribution in [0.3, 0.4) is 0 Å². The second-order valence-electron chi connectivity index (χ2n) is 6.84. The number of aliphatic hydroxyl groups is 1. The molecule has 1 saturated carbocycles. The van der Waals surface area contributed by atoms with Crippen LogP contribution in [0.15, 0.2) is 30.5 Å². The molecule has 0 atom stereocenters. The van der Waals surface area contributed by atoms with Gasteiger partial charge in [-0.15, -0.1) is 0 Å². The van der Waals surface area contributed by atoms with Crippen LogP contribution in [-0.2, 0) is 5.54 Å². The van der Waals surface area contributed by atoms with Crippen LogP contribution in [0.5, 0.6) is 0 Å². The smallest absolute Gasteiger partial charge is 0.405 e. The van der Waals surface area contributed by atoms with E-state index in [-0.39, 0.29) is 40.4 Å². The van der Waals surface area contributed by atoms with Crippen LogP contribution >= 0.6 is 11.6 Å². The highest BCUT2D eigenvalue weighted by molar-refractivity contribution is 6.33. The third kappa shape index (κ3) is 3.56. The van der Waals surface area contributed by atoms with E-state index in [1.54, 1.807) is 6.92 Å². The Morgan fingerprint density at radius 3 is 2.56 bits per heavy atom. The summed E-state index contributed by atoms with van der Waals surface area (Å²) in [7, 11) is 0. The van der Waals surface area contributed by atoms with Crippen molar-refractivity contribution in [1.29, 1.82) is 0 Å². The van der Waals surface area contributed by atoms with Crippen LogP contribution in [0.2, 0.25) is 5.02 Å². The van der Waals surface area contributed by atoms with Gasteiger partial charge in [-0.2, -0.15) is 0 Å². The molecule has 1 aliphatic rings. The van der Waals surface area contributed by atoms with E-state index in [9.17, 15) is 24.4 Å². The molecule has 0 saturated heterocycles. The quantitative estimate of drug-likeness (QED) is 0.537. The predicted octanol–water partition coefficient (Wildman–Crippen LogP) is 3.46. The zero-order valence-corrected chi connectivity index (χ0v) is 14.8. The molecular weight excluding hydrogens is 381 g/mol. The number of nitrogens with zero attached hydrogens (tertiary/aromatic N) is 2. The molecule has 1 aromatic heterocycles. The topological polar surface area (TPSA) is 126 Å². The lowest BCUT2D eigenvalue weighted by molar-refractivity contribution is -0.385. The van der Waals surface area contributed by atoms with Crippen LogP contribution in [0.1, 0.15) is 25.3 Å². The summed E-state index contributed by atoms with van der Waals surface area (Å²) in [6.07, 6.45) is -0.254. The molecule has 10 heteroatoms. The van der Waals surface area contributed by atoms with Gasteiger partial charge in [-0.3, -0.25) is 10.1 Å². The van der Waals surface area contributed by atoms with E-state index < -0.39 is 28.0 Å². The second kappa shape index (κ2) is 6.43. The Kier molecular flexibility index (Phi) is 4.52. The first-order valence-electron chi connectivity index (χ1n) is 7.87. The normalized spacial score (nSPS) is 24.1. The Balaban J connectivity index is 1.99. The predicted molar refractivity (Wildman–Crippen MR) is 94.0 cm³/mol. The third-order valence-electron chi connectivity index (χ3n) is 4.51. The summed E-state index contributed by atoms with van der Waals surface area (Å²) in [4.78, 5) is 25.2. The van der Waals surface area contributed by atoms with Gasteiger partial charge in [-0.05, 0) is 13.0 Å². The van der Waals surface area contributed by atoms with E-state index in [0.717, 1.165) is 18.3 Å². The monoisotopic (exact) mass is 395 g/mol. The van der Waals surface area contributed by atoms with Crippen molar-refractivity contribution in [2.45, 2.75) is 30.9 Å². The average Bonchev–Trinajstić information content (AvgIpc) is 2.51. The number of benzene rings is 1. The van der Waals surface area contributed by atoms with Gasteiger partial charge in [-0.1, -0.05) is 23.7 Å². The average molecular weight is 396 g/mol. The molecule has 1 heterocycles. The lowest BCUT2D eigenvalue weighted by Crippen LogP contribution is -2.62. The van der Waals surface area contributed by atoms with E-state index >= 15 is 0 Å². The Morgan fingerprint density at radius 2 is 2.07 bits per heavy atom. The van der Waals surface area contributed by atoms with Crippen LogP contribution in [0, 0.1) is 15.9 Å². The third-order valence-corrected chi connectivity index (χ3v) is 4.80. The van der Waals surface area contributed by atoms with Crippen LogP contribution in [0.25, 0.3) is 11.3 Å². The second-order valence-corrected chi connectivity index (χ2v) is 7.25. The Labute approximate surface area is 157 Å². The van der Waals surface area contributed by atoms with Gasteiger partial charge in [-0.25, -0.2) is 14.2 Å². The van der Waals surface area contributed by atoms with Crippen molar-refractivity contribution in [2.75, 3.05) is 0 Å². The fraction of sp³-hybridized carbons (Fsp3) is 0.294. The fourth-order valence-electron chi connectivity index (χ4n) is 3.59. The molecule has 0 unspecified atom stereocenters. The molecule has 3 N–H and O–H groups in total. The maximum Gasteiger partial charge on any atom is 0.405 e. The zero-order chi connectivity index (χ0) is 20.0. The van der Waals surface area contributed by atoms with Crippen molar-refractivity contribution >= 4 is 23.4 Å². The standard InChI is InChI=1S/C17H15ClFN3O5/c1-16(25)7-17(8-16,21-15(23)24)11-3-2-9(4-13(11)19)14-12(18)5-10(6-20-14)22(26)27/h2-6,21,25H,7-8H2,1H3,(H,23,24). The summed E-state index contributed by atoms with van der Waals surface area (Å²) < 4.78 is 14.8. The van der Waals surface area contributed by atoms with Gasteiger partial charge in [0.1, 0.15) is 12.0 Å². The molecule has 8 nitrogen and oxygen atoms in total. The number of carboxylic acid groups (broad SMARTS) is 1. The summed E-state index contributed by atoms with van der Waals surface area (Å²) in [5, 5.41) is 32.1. The molecule has 1 aromatic carbocycles. The molecule has 0 radical (unpaired) electrons. The SMILES string of the molecule is CC1(O)CC(NC(=O)O)(c2ccc(-c3ncc([N+](=O)[O-])cc3Cl)cc2F)C1. The molecule has 2 aromatic rings. The molecule has 0 spiro atoms. The van der Waals surface area contributed by atoms with Gasteiger partial charge in [0.15, 0.2) is 0 Å². The first kappa shape index (κ1) is 19.0. The largest absolute Gasteiger partial charge is 0.465 e.